The maximum atomic E-state index is 12.9. The molecule has 0 bridgehead atoms. The summed E-state index contributed by atoms with van der Waals surface area (Å²) in [5.74, 6) is -0.326. The van der Waals surface area contributed by atoms with E-state index in [1.54, 1.807) is 78.9 Å². The van der Waals surface area contributed by atoms with E-state index >= 15 is 0 Å². The molecule has 0 aliphatic heterocycles. The second-order valence-electron chi connectivity index (χ2n) is 10.4. The highest BCUT2D eigenvalue weighted by Crippen LogP contribution is 2.28. The third-order valence-electron chi connectivity index (χ3n) is 7.07. The van der Waals surface area contributed by atoms with Gasteiger partial charge in [-0.25, -0.2) is 19.2 Å². The van der Waals surface area contributed by atoms with Crippen LogP contribution in [0.2, 0.25) is 0 Å². The maximum Gasteiger partial charge on any atom is 0.343 e. The van der Waals surface area contributed by atoms with Crippen molar-refractivity contribution >= 4 is 34.6 Å². The molecule has 9 heteroatoms. The molecule has 0 saturated carbocycles. The number of unbranched alkanes of at least 4 members (excludes halogenated alkanes) is 3. The molecule has 4 rings (SSSR count). The maximum absolute atomic E-state index is 12.9. The van der Waals surface area contributed by atoms with Crippen molar-refractivity contribution in [3.05, 3.63) is 121 Å². The molecular formula is C38H36O9. The summed E-state index contributed by atoms with van der Waals surface area (Å²) in [4.78, 5) is 48.3. The van der Waals surface area contributed by atoms with Crippen molar-refractivity contribution in [3.8, 4) is 23.0 Å². The van der Waals surface area contributed by atoms with Gasteiger partial charge in [0.25, 0.3) is 0 Å². The number of rotatable bonds is 16. The molecule has 0 atom stereocenters. The summed E-state index contributed by atoms with van der Waals surface area (Å²) in [6, 6.07) is 21.7. The topological polar surface area (TPSA) is 114 Å². The number of aryl methyl sites for hydroxylation is 1. The standard InChI is InChI=1S/C38H36O9/c1-4-26-24-33(46-38(42)30-12-11-29-25-32(45-36(40)6-3)18-15-28(29)23-30)19-20-34(26)47-37(41)27-13-16-31(17-14-27)43-21-9-7-8-10-22-44-35(39)5-2/h5-6,11-20,23-25H,2-4,7-10,21-22H2,1H3. The Bertz CT molecular complexity index is 1760. The number of esters is 4. The van der Waals surface area contributed by atoms with Crippen LogP contribution in [-0.4, -0.2) is 37.1 Å². The number of fused-ring (bicyclic) bond motifs is 1. The Labute approximate surface area is 273 Å². The second kappa shape index (κ2) is 17.1. The SMILES string of the molecule is C=CC(=O)OCCCCCCOc1ccc(C(=O)Oc2ccc(OC(=O)c3ccc4cc(OC(=O)C=C)ccc4c3)cc2CC)cc1. The second-order valence-corrected chi connectivity index (χ2v) is 10.4. The van der Waals surface area contributed by atoms with Crippen LogP contribution >= 0.6 is 0 Å². The molecular weight excluding hydrogens is 600 g/mol. The van der Waals surface area contributed by atoms with Crippen LogP contribution < -0.4 is 18.9 Å². The zero-order valence-corrected chi connectivity index (χ0v) is 26.2. The van der Waals surface area contributed by atoms with Crippen LogP contribution in [0.25, 0.3) is 10.8 Å². The molecule has 9 nitrogen and oxygen atoms in total. The lowest BCUT2D eigenvalue weighted by Gasteiger charge is -2.12. The fourth-order valence-corrected chi connectivity index (χ4v) is 4.56. The molecule has 242 valence electrons. The van der Waals surface area contributed by atoms with Crippen LogP contribution in [0.5, 0.6) is 23.0 Å². The van der Waals surface area contributed by atoms with E-state index in [2.05, 4.69) is 13.2 Å². The lowest BCUT2D eigenvalue weighted by atomic mass is 10.1. The zero-order valence-electron chi connectivity index (χ0n) is 26.2. The lowest BCUT2D eigenvalue weighted by Crippen LogP contribution is -2.11. The van der Waals surface area contributed by atoms with Crippen LogP contribution in [0.1, 0.15) is 58.9 Å². The number of hydrogen-bond donors (Lipinski definition) is 0. The number of carbonyl (C=O) groups is 4. The van der Waals surface area contributed by atoms with Crippen molar-refractivity contribution in [2.75, 3.05) is 13.2 Å². The van der Waals surface area contributed by atoms with Crippen LogP contribution in [-0.2, 0) is 20.7 Å². The molecule has 0 aromatic heterocycles. The predicted octanol–water partition coefficient (Wildman–Crippen LogP) is 7.60. The van der Waals surface area contributed by atoms with Crippen molar-refractivity contribution in [2.45, 2.75) is 39.0 Å². The van der Waals surface area contributed by atoms with Gasteiger partial charge in [-0.2, -0.15) is 0 Å². The Morgan fingerprint density at radius 2 is 1.19 bits per heavy atom. The van der Waals surface area contributed by atoms with Crippen LogP contribution in [0.15, 0.2) is 104 Å². The van der Waals surface area contributed by atoms with E-state index in [0.717, 1.165) is 48.6 Å². The number of carbonyl (C=O) groups excluding carboxylic acids is 4. The molecule has 0 aliphatic rings. The molecule has 0 spiro atoms. The van der Waals surface area contributed by atoms with Crippen molar-refractivity contribution in [2.24, 2.45) is 0 Å². The first-order chi connectivity index (χ1) is 22.8. The molecule has 0 unspecified atom stereocenters. The van der Waals surface area contributed by atoms with Crippen LogP contribution in [0.4, 0.5) is 0 Å². The first kappa shape index (κ1) is 34.2. The molecule has 0 aliphatic carbocycles. The van der Waals surface area contributed by atoms with E-state index < -0.39 is 23.9 Å². The van der Waals surface area contributed by atoms with Gasteiger partial charge < -0.3 is 23.7 Å². The predicted molar refractivity (Wildman–Crippen MR) is 177 cm³/mol. The summed E-state index contributed by atoms with van der Waals surface area (Å²) in [7, 11) is 0. The lowest BCUT2D eigenvalue weighted by molar-refractivity contribution is -0.137. The molecule has 0 saturated heterocycles. The van der Waals surface area contributed by atoms with E-state index in [1.807, 2.05) is 6.92 Å². The van der Waals surface area contributed by atoms with Gasteiger partial charge in [0.2, 0.25) is 0 Å². The van der Waals surface area contributed by atoms with Gasteiger partial charge in [0, 0.05) is 12.2 Å². The number of ether oxygens (including phenoxy) is 5. The Hall–Kier alpha value is -5.70. The van der Waals surface area contributed by atoms with Gasteiger partial charge in [-0.1, -0.05) is 32.2 Å². The van der Waals surface area contributed by atoms with Crippen LogP contribution in [0.3, 0.4) is 0 Å². The highest BCUT2D eigenvalue weighted by molar-refractivity contribution is 5.97. The molecule has 4 aromatic carbocycles. The molecule has 47 heavy (non-hydrogen) atoms. The van der Waals surface area contributed by atoms with Crippen molar-refractivity contribution in [1.82, 2.24) is 0 Å². The van der Waals surface area contributed by atoms with Crippen molar-refractivity contribution in [3.63, 3.8) is 0 Å². The monoisotopic (exact) mass is 636 g/mol. The normalized spacial score (nSPS) is 10.5. The first-order valence-electron chi connectivity index (χ1n) is 15.3. The van der Waals surface area contributed by atoms with Gasteiger partial charge in [-0.3, -0.25) is 0 Å². The third kappa shape index (κ3) is 10.2. The summed E-state index contributed by atoms with van der Waals surface area (Å²) in [5.41, 5.74) is 1.41. The van der Waals surface area contributed by atoms with E-state index in [0.29, 0.717) is 59.3 Å². The van der Waals surface area contributed by atoms with E-state index in [4.69, 9.17) is 23.7 Å². The summed E-state index contributed by atoms with van der Waals surface area (Å²) < 4.78 is 27.2. The van der Waals surface area contributed by atoms with Gasteiger partial charge in [-0.15, -0.1) is 0 Å². The van der Waals surface area contributed by atoms with E-state index in [9.17, 15) is 19.2 Å². The minimum absolute atomic E-state index is 0.316. The summed E-state index contributed by atoms with van der Waals surface area (Å²) in [6.45, 7) is 9.57. The fourth-order valence-electron chi connectivity index (χ4n) is 4.56. The first-order valence-corrected chi connectivity index (χ1v) is 15.3. The zero-order chi connectivity index (χ0) is 33.6. The molecule has 4 aromatic rings. The number of benzene rings is 4. The summed E-state index contributed by atoms with van der Waals surface area (Å²) in [5, 5.41) is 1.55. The average Bonchev–Trinajstić information content (AvgIpc) is 3.09. The Kier molecular flexibility index (Phi) is 12.4. The Morgan fingerprint density at radius 1 is 0.596 bits per heavy atom. The molecule has 0 radical (unpaired) electrons. The van der Waals surface area contributed by atoms with Gasteiger partial charge in [0.1, 0.15) is 23.0 Å². The molecule has 0 amide bonds. The Balaban J connectivity index is 1.28. The van der Waals surface area contributed by atoms with Crippen LogP contribution in [0, 0.1) is 0 Å². The average molecular weight is 637 g/mol. The van der Waals surface area contributed by atoms with Gasteiger partial charge in [0.15, 0.2) is 0 Å². The van der Waals surface area contributed by atoms with Crippen molar-refractivity contribution in [1.29, 1.82) is 0 Å². The highest BCUT2D eigenvalue weighted by atomic mass is 16.5. The summed E-state index contributed by atoms with van der Waals surface area (Å²) >= 11 is 0. The molecule has 0 N–H and O–H groups in total. The molecule has 0 heterocycles. The number of hydrogen-bond acceptors (Lipinski definition) is 9. The largest absolute Gasteiger partial charge is 0.494 e. The quantitative estimate of drug-likeness (QED) is 0.0531. The minimum Gasteiger partial charge on any atom is -0.494 e. The van der Waals surface area contributed by atoms with E-state index in [1.165, 1.54) is 0 Å². The van der Waals surface area contributed by atoms with E-state index in [-0.39, 0.29) is 0 Å². The smallest absolute Gasteiger partial charge is 0.343 e. The van der Waals surface area contributed by atoms with Crippen molar-refractivity contribution < 1.29 is 42.9 Å². The van der Waals surface area contributed by atoms with Gasteiger partial charge in [0.05, 0.1) is 24.3 Å². The highest BCUT2D eigenvalue weighted by Gasteiger charge is 2.15. The third-order valence-corrected chi connectivity index (χ3v) is 7.07. The van der Waals surface area contributed by atoms with Gasteiger partial charge >= 0.3 is 23.9 Å². The molecule has 0 fully saturated rings. The van der Waals surface area contributed by atoms with Gasteiger partial charge in [-0.05, 0) is 115 Å². The summed E-state index contributed by atoms with van der Waals surface area (Å²) in [6.07, 6.45) is 6.28. The Morgan fingerprint density at radius 3 is 1.91 bits per heavy atom. The minimum atomic E-state index is -0.556. The fraction of sp³-hybridized carbons (Fsp3) is 0.211.